The van der Waals surface area contributed by atoms with Crippen molar-refractivity contribution in [2.75, 3.05) is 20.1 Å². The molecule has 1 aromatic rings. The van der Waals surface area contributed by atoms with Crippen LogP contribution in [0.3, 0.4) is 0 Å². The van der Waals surface area contributed by atoms with Crippen molar-refractivity contribution >= 4 is 0 Å². The predicted octanol–water partition coefficient (Wildman–Crippen LogP) is 2.76. The summed E-state index contributed by atoms with van der Waals surface area (Å²) in [6, 6.07) is 0.598. The molecule has 3 heteroatoms. The lowest BCUT2D eigenvalue weighted by Crippen LogP contribution is -2.31. The topological polar surface area (TPSA) is 21.1 Å². The summed E-state index contributed by atoms with van der Waals surface area (Å²) in [4.78, 5) is 2.40. The van der Waals surface area contributed by atoms with Crippen LogP contribution in [0.1, 0.15) is 50.9 Å². The second kappa shape index (κ2) is 4.45. The summed E-state index contributed by atoms with van der Waals surface area (Å²) in [7, 11) is 2.20. The smallest absolute Gasteiger partial charge is 0.0631 e. The Morgan fingerprint density at radius 2 is 1.82 bits per heavy atom. The molecule has 0 atom stereocenters. The molecular formula is C14H25N3. The molecule has 1 saturated heterocycles. The zero-order chi connectivity index (χ0) is 12.6. The first-order chi connectivity index (χ1) is 7.88. The van der Waals surface area contributed by atoms with Crippen molar-refractivity contribution in [1.29, 1.82) is 0 Å². The highest BCUT2D eigenvalue weighted by molar-refractivity contribution is 5.24. The summed E-state index contributed by atoms with van der Waals surface area (Å²) in [5.41, 5.74) is 2.78. The Labute approximate surface area is 105 Å². The van der Waals surface area contributed by atoms with Gasteiger partial charge in [-0.25, -0.2) is 0 Å². The van der Waals surface area contributed by atoms with E-state index in [0.717, 1.165) is 0 Å². The van der Waals surface area contributed by atoms with Gasteiger partial charge in [-0.15, -0.1) is 0 Å². The van der Waals surface area contributed by atoms with Crippen molar-refractivity contribution in [3.05, 3.63) is 17.5 Å². The molecule has 1 aliphatic heterocycles. The van der Waals surface area contributed by atoms with Crippen molar-refractivity contribution in [1.82, 2.24) is 14.7 Å². The lowest BCUT2D eigenvalue weighted by molar-refractivity contribution is 0.212. The average Bonchev–Trinajstić information content (AvgIpc) is 2.61. The van der Waals surface area contributed by atoms with Crippen LogP contribution >= 0.6 is 0 Å². The largest absolute Gasteiger partial charge is 0.306 e. The molecule has 17 heavy (non-hydrogen) atoms. The van der Waals surface area contributed by atoms with Crippen LogP contribution in [0.2, 0.25) is 0 Å². The van der Waals surface area contributed by atoms with E-state index in [-0.39, 0.29) is 5.41 Å². The Morgan fingerprint density at radius 1 is 1.24 bits per heavy atom. The molecule has 1 aliphatic rings. The number of hydrogen-bond acceptors (Lipinski definition) is 2. The van der Waals surface area contributed by atoms with Crippen molar-refractivity contribution in [3.8, 4) is 0 Å². The van der Waals surface area contributed by atoms with Crippen molar-refractivity contribution in [2.24, 2.45) is 0 Å². The van der Waals surface area contributed by atoms with Crippen LogP contribution in [0.5, 0.6) is 0 Å². The molecule has 0 N–H and O–H groups in total. The summed E-state index contributed by atoms with van der Waals surface area (Å²) < 4.78 is 2.21. The van der Waals surface area contributed by atoms with E-state index in [9.17, 15) is 0 Å². The third kappa shape index (κ3) is 2.71. The van der Waals surface area contributed by atoms with Gasteiger partial charge in [0.25, 0.3) is 0 Å². The van der Waals surface area contributed by atoms with Gasteiger partial charge in [-0.3, -0.25) is 4.68 Å². The van der Waals surface area contributed by atoms with Crippen LogP contribution in [0.25, 0.3) is 0 Å². The van der Waals surface area contributed by atoms with Gasteiger partial charge in [-0.2, -0.15) is 5.10 Å². The Hall–Kier alpha value is -0.830. The minimum atomic E-state index is 0.202. The first-order valence-electron chi connectivity index (χ1n) is 6.62. The molecule has 0 unspecified atom stereocenters. The Morgan fingerprint density at radius 3 is 2.29 bits per heavy atom. The molecule has 0 aliphatic carbocycles. The first kappa shape index (κ1) is 12.6. The van der Waals surface area contributed by atoms with Gasteiger partial charge in [0, 0.05) is 6.20 Å². The Balaban J connectivity index is 2.18. The predicted molar refractivity (Wildman–Crippen MR) is 71.4 cm³/mol. The van der Waals surface area contributed by atoms with Crippen LogP contribution in [0.4, 0.5) is 0 Å². The molecule has 1 aromatic heterocycles. The standard InChI is InChI=1S/C14H25N3/c1-11-13(14(2,3)4)10-17(15-11)12-6-8-16(5)9-7-12/h10,12H,6-9H2,1-5H3. The molecular weight excluding hydrogens is 210 g/mol. The van der Waals surface area contributed by atoms with Crippen molar-refractivity contribution < 1.29 is 0 Å². The zero-order valence-electron chi connectivity index (χ0n) is 11.8. The van der Waals surface area contributed by atoms with Gasteiger partial charge in [0.1, 0.15) is 0 Å². The fourth-order valence-corrected chi connectivity index (χ4v) is 2.66. The van der Waals surface area contributed by atoms with E-state index < -0.39 is 0 Å². The van der Waals surface area contributed by atoms with E-state index in [1.54, 1.807) is 0 Å². The minimum Gasteiger partial charge on any atom is -0.306 e. The highest BCUT2D eigenvalue weighted by Crippen LogP contribution is 2.28. The van der Waals surface area contributed by atoms with Crippen LogP contribution < -0.4 is 0 Å². The number of aromatic nitrogens is 2. The maximum atomic E-state index is 4.72. The van der Waals surface area contributed by atoms with E-state index >= 15 is 0 Å². The SMILES string of the molecule is Cc1nn(C2CCN(C)CC2)cc1C(C)(C)C. The Bertz CT molecular complexity index is 379. The second-order valence-electron chi connectivity index (χ2n) is 6.39. The molecule has 3 nitrogen and oxygen atoms in total. The third-order valence-electron chi connectivity index (χ3n) is 3.79. The molecule has 0 spiro atoms. The summed E-state index contributed by atoms with van der Waals surface area (Å²) in [6.07, 6.45) is 4.72. The molecule has 0 amide bonds. The number of rotatable bonds is 1. The van der Waals surface area contributed by atoms with E-state index in [2.05, 4.69) is 50.5 Å². The molecule has 2 heterocycles. The van der Waals surface area contributed by atoms with Gasteiger partial charge in [0.2, 0.25) is 0 Å². The van der Waals surface area contributed by atoms with E-state index in [1.807, 2.05) is 0 Å². The summed E-state index contributed by atoms with van der Waals surface area (Å²) in [5.74, 6) is 0. The van der Waals surface area contributed by atoms with E-state index in [4.69, 9.17) is 5.10 Å². The molecule has 0 bridgehead atoms. The van der Waals surface area contributed by atoms with Crippen LogP contribution in [-0.4, -0.2) is 34.8 Å². The molecule has 2 rings (SSSR count). The van der Waals surface area contributed by atoms with Crippen molar-refractivity contribution in [3.63, 3.8) is 0 Å². The molecule has 0 radical (unpaired) electrons. The lowest BCUT2D eigenvalue weighted by Gasteiger charge is -2.29. The van der Waals surface area contributed by atoms with Gasteiger partial charge in [-0.1, -0.05) is 20.8 Å². The monoisotopic (exact) mass is 235 g/mol. The highest BCUT2D eigenvalue weighted by Gasteiger charge is 2.23. The second-order valence-corrected chi connectivity index (χ2v) is 6.39. The average molecular weight is 235 g/mol. The van der Waals surface area contributed by atoms with Crippen molar-refractivity contribution in [2.45, 2.75) is 52.0 Å². The number of hydrogen-bond donors (Lipinski definition) is 0. The maximum absolute atomic E-state index is 4.72. The lowest BCUT2D eigenvalue weighted by atomic mass is 9.88. The van der Waals surface area contributed by atoms with Crippen LogP contribution in [0, 0.1) is 6.92 Å². The van der Waals surface area contributed by atoms with Crippen LogP contribution in [-0.2, 0) is 5.41 Å². The fourth-order valence-electron chi connectivity index (χ4n) is 2.66. The molecule has 1 fully saturated rings. The number of piperidine rings is 1. The molecule has 0 saturated carbocycles. The Kier molecular flexibility index (Phi) is 3.30. The van der Waals surface area contributed by atoms with Gasteiger partial charge < -0.3 is 4.90 Å². The highest BCUT2D eigenvalue weighted by atomic mass is 15.3. The van der Waals surface area contributed by atoms with Gasteiger partial charge in [0.15, 0.2) is 0 Å². The summed E-state index contributed by atoms with van der Waals surface area (Å²) in [6.45, 7) is 11.3. The maximum Gasteiger partial charge on any atom is 0.0631 e. The van der Waals surface area contributed by atoms with E-state index in [1.165, 1.54) is 37.2 Å². The number of nitrogens with zero attached hydrogens (tertiary/aromatic N) is 3. The van der Waals surface area contributed by atoms with Gasteiger partial charge >= 0.3 is 0 Å². The molecule has 96 valence electrons. The normalized spacial score (nSPS) is 19.8. The first-order valence-corrected chi connectivity index (χ1v) is 6.62. The number of likely N-dealkylation sites (tertiary alicyclic amines) is 1. The van der Waals surface area contributed by atoms with Gasteiger partial charge in [-0.05, 0) is 50.9 Å². The summed E-state index contributed by atoms with van der Waals surface area (Å²) in [5, 5.41) is 4.72. The van der Waals surface area contributed by atoms with Gasteiger partial charge in [0.05, 0.1) is 11.7 Å². The quantitative estimate of drug-likeness (QED) is 0.746. The third-order valence-corrected chi connectivity index (χ3v) is 3.79. The molecule has 0 aromatic carbocycles. The minimum absolute atomic E-state index is 0.202. The number of aryl methyl sites for hydroxylation is 1. The fraction of sp³-hybridized carbons (Fsp3) is 0.786. The van der Waals surface area contributed by atoms with Crippen LogP contribution in [0.15, 0.2) is 6.20 Å². The van der Waals surface area contributed by atoms with E-state index in [0.29, 0.717) is 6.04 Å². The zero-order valence-corrected chi connectivity index (χ0v) is 11.8. The summed E-state index contributed by atoms with van der Waals surface area (Å²) >= 11 is 0.